The van der Waals surface area contributed by atoms with Gasteiger partial charge in [0.1, 0.15) is 11.8 Å². The van der Waals surface area contributed by atoms with Gasteiger partial charge in [0.15, 0.2) is 0 Å². The van der Waals surface area contributed by atoms with Crippen molar-refractivity contribution in [2.75, 3.05) is 7.11 Å². The van der Waals surface area contributed by atoms with E-state index in [1.165, 1.54) is 19.4 Å². The van der Waals surface area contributed by atoms with Crippen molar-refractivity contribution in [3.63, 3.8) is 0 Å². The summed E-state index contributed by atoms with van der Waals surface area (Å²) >= 11 is 0. The van der Waals surface area contributed by atoms with Crippen LogP contribution in [0.1, 0.15) is 29.0 Å². The van der Waals surface area contributed by atoms with E-state index < -0.39 is 23.9 Å². The molecule has 1 aromatic heterocycles. The van der Waals surface area contributed by atoms with Gasteiger partial charge in [-0.2, -0.15) is 0 Å². The molecule has 1 aromatic rings. The number of aryl methyl sites for hydroxylation is 1. The fraction of sp³-hybridized carbons (Fsp3) is 0.417. The first-order chi connectivity index (χ1) is 8.95. The van der Waals surface area contributed by atoms with E-state index in [-0.39, 0.29) is 18.4 Å². The molecule has 0 aromatic carbocycles. The molecule has 1 atom stereocenters. The summed E-state index contributed by atoms with van der Waals surface area (Å²) in [6, 6.07) is 0.296. The Morgan fingerprint density at radius 3 is 2.63 bits per heavy atom. The van der Waals surface area contributed by atoms with E-state index in [4.69, 9.17) is 9.52 Å². The number of esters is 1. The van der Waals surface area contributed by atoms with Crippen molar-refractivity contribution in [2.24, 2.45) is 0 Å². The van der Waals surface area contributed by atoms with Gasteiger partial charge >= 0.3 is 11.9 Å². The maximum atomic E-state index is 11.8. The van der Waals surface area contributed by atoms with Crippen LogP contribution in [-0.4, -0.2) is 36.1 Å². The number of hydrogen-bond donors (Lipinski definition) is 2. The maximum absolute atomic E-state index is 11.8. The molecule has 2 N–H and O–H groups in total. The third kappa shape index (κ3) is 4.13. The van der Waals surface area contributed by atoms with Gasteiger partial charge in [-0.1, -0.05) is 0 Å². The lowest BCUT2D eigenvalue weighted by molar-refractivity contribution is -0.142. The van der Waals surface area contributed by atoms with Crippen molar-refractivity contribution < 1.29 is 28.6 Å². The van der Waals surface area contributed by atoms with Crippen LogP contribution in [0.5, 0.6) is 0 Å². The SMILES string of the molecule is COC(=O)CC[C@@H](NC(=O)c1ccoc1C)C(=O)O. The lowest BCUT2D eigenvalue weighted by Gasteiger charge is -2.13. The van der Waals surface area contributed by atoms with Crippen LogP contribution in [0.25, 0.3) is 0 Å². The third-order valence-corrected chi connectivity index (χ3v) is 2.57. The summed E-state index contributed by atoms with van der Waals surface area (Å²) in [5.74, 6) is -1.89. The van der Waals surface area contributed by atoms with E-state index in [2.05, 4.69) is 10.1 Å². The number of carbonyl (C=O) groups excluding carboxylic acids is 2. The second kappa shape index (κ2) is 6.58. The average Bonchev–Trinajstić information content (AvgIpc) is 2.79. The molecule has 1 amide bonds. The molecular weight excluding hydrogens is 254 g/mol. The first-order valence-electron chi connectivity index (χ1n) is 5.60. The zero-order valence-corrected chi connectivity index (χ0v) is 10.6. The first-order valence-corrected chi connectivity index (χ1v) is 5.60. The van der Waals surface area contributed by atoms with Crippen LogP contribution < -0.4 is 5.32 Å². The Hall–Kier alpha value is -2.31. The van der Waals surface area contributed by atoms with Crippen molar-refractivity contribution in [2.45, 2.75) is 25.8 Å². The Kier molecular flexibility index (Phi) is 5.11. The lowest BCUT2D eigenvalue weighted by atomic mass is 10.1. The number of ether oxygens (including phenoxy) is 1. The van der Waals surface area contributed by atoms with E-state index >= 15 is 0 Å². The molecule has 7 nitrogen and oxygen atoms in total. The molecule has 7 heteroatoms. The largest absolute Gasteiger partial charge is 0.480 e. The summed E-state index contributed by atoms with van der Waals surface area (Å²) in [7, 11) is 1.21. The predicted octanol–water partition coefficient (Wildman–Crippen LogP) is 0.724. The van der Waals surface area contributed by atoms with Gasteiger partial charge in [0.25, 0.3) is 5.91 Å². The smallest absolute Gasteiger partial charge is 0.326 e. The molecule has 104 valence electrons. The maximum Gasteiger partial charge on any atom is 0.326 e. The molecule has 0 unspecified atom stereocenters. The number of methoxy groups -OCH3 is 1. The second-order valence-electron chi connectivity index (χ2n) is 3.87. The predicted molar refractivity (Wildman–Crippen MR) is 63.6 cm³/mol. The Bertz CT molecular complexity index is 478. The number of carbonyl (C=O) groups is 3. The molecule has 0 saturated heterocycles. The van der Waals surface area contributed by atoms with Gasteiger partial charge in [0.2, 0.25) is 0 Å². The van der Waals surface area contributed by atoms with Crippen LogP contribution in [0, 0.1) is 6.92 Å². The zero-order chi connectivity index (χ0) is 14.4. The minimum absolute atomic E-state index is 0.0371. The number of carboxylic acid groups (broad SMARTS) is 1. The molecule has 0 bridgehead atoms. The minimum Gasteiger partial charge on any atom is -0.480 e. The standard InChI is InChI=1S/C12H15NO6/c1-7-8(5-6-19-7)11(15)13-9(12(16)17)3-4-10(14)18-2/h5-6,9H,3-4H2,1-2H3,(H,13,15)(H,16,17)/t9-/m1/s1. The van der Waals surface area contributed by atoms with Crippen LogP contribution in [0.15, 0.2) is 16.7 Å². The summed E-state index contributed by atoms with van der Waals surface area (Å²) in [5, 5.41) is 11.3. The van der Waals surface area contributed by atoms with E-state index in [1.54, 1.807) is 6.92 Å². The van der Waals surface area contributed by atoms with Crippen molar-refractivity contribution >= 4 is 17.8 Å². The van der Waals surface area contributed by atoms with Gasteiger partial charge in [0.05, 0.1) is 18.9 Å². The van der Waals surface area contributed by atoms with Gasteiger partial charge in [-0.05, 0) is 19.4 Å². The van der Waals surface area contributed by atoms with Crippen LogP contribution in [0.4, 0.5) is 0 Å². The first kappa shape index (κ1) is 14.7. The lowest BCUT2D eigenvalue weighted by Crippen LogP contribution is -2.41. The highest BCUT2D eigenvalue weighted by Gasteiger charge is 2.23. The minimum atomic E-state index is -1.21. The number of hydrogen-bond acceptors (Lipinski definition) is 5. The van der Waals surface area contributed by atoms with Crippen molar-refractivity contribution in [3.8, 4) is 0 Å². The monoisotopic (exact) mass is 269 g/mol. The van der Waals surface area contributed by atoms with E-state index in [9.17, 15) is 14.4 Å². The Morgan fingerprint density at radius 2 is 2.16 bits per heavy atom. The van der Waals surface area contributed by atoms with Gasteiger partial charge in [-0.3, -0.25) is 9.59 Å². The van der Waals surface area contributed by atoms with Crippen molar-refractivity contribution in [3.05, 3.63) is 23.7 Å². The van der Waals surface area contributed by atoms with Crippen LogP contribution in [0.3, 0.4) is 0 Å². The van der Waals surface area contributed by atoms with Gasteiger partial charge < -0.3 is 19.6 Å². The number of aliphatic carboxylic acids is 1. The van der Waals surface area contributed by atoms with Crippen molar-refractivity contribution in [1.29, 1.82) is 0 Å². The number of amides is 1. The highest BCUT2D eigenvalue weighted by atomic mass is 16.5. The normalized spacial score (nSPS) is 11.7. The Labute approximate surface area is 109 Å². The van der Waals surface area contributed by atoms with Gasteiger partial charge in [0, 0.05) is 6.42 Å². The molecule has 0 radical (unpaired) electrons. The molecule has 1 rings (SSSR count). The third-order valence-electron chi connectivity index (χ3n) is 2.57. The summed E-state index contributed by atoms with van der Waals surface area (Å²) in [4.78, 5) is 33.8. The molecule has 0 saturated carbocycles. The molecule has 0 fully saturated rings. The second-order valence-corrected chi connectivity index (χ2v) is 3.87. The van der Waals surface area contributed by atoms with Gasteiger partial charge in [-0.15, -0.1) is 0 Å². The summed E-state index contributed by atoms with van der Waals surface area (Å²) in [5.41, 5.74) is 0.268. The molecule has 0 aliphatic heterocycles. The number of rotatable bonds is 6. The van der Waals surface area contributed by atoms with E-state index in [0.717, 1.165) is 0 Å². The van der Waals surface area contributed by atoms with Crippen molar-refractivity contribution in [1.82, 2.24) is 5.32 Å². The number of nitrogens with one attached hydrogen (secondary N) is 1. The van der Waals surface area contributed by atoms with E-state index in [0.29, 0.717) is 5.76 Å². The van der Waals surface area contributed by atoms with E-state index in [1.807, 2.05) is 0 Å². The molecule has 1 heterocycles. The number of furan rings is 1. The number of carboxylic acids is 1. The molecule has 0 aliphatic carbocycles. The van der Waals surface area contributed by atoms with Gasteiger partial charge in [-0.25, -0.2) is 4.79 Å². The summed E-state index contributed by atoms with van der Waals surface area (Å²) in [6.45, 7) is 1.60. The highest BCUT2D eigenvalue weighted by molar-refractivity contribution is 5.97. The fourth-order valence-corrected chi connectivity index (χ4v) is 1.48. The average molecular weight is 269 g/mol. The molecule has 0 spiro atoms. The quantitative estimate of drug-likeness (QED) is 0.737. The van der Waals surface area contributed by atoms with Crippen LogP contribution in [-0.2, 0) is 14.3 Å². The summed E-state index contributed by atoms with van der Waals surface area (Å²) in [6.07, 6.45) is 1.22. The zero-order valence-electron chi connectivity index (χ0n) is 10.6. The molecule has 19 heavy (non-hydrogen) atoms. The Balaban J connectivity index is 2.64. The highest BCUT2D eigenvalue weighted by Crippen LogP contribution is 2.09. The fourth-order valence-electron chi connectivity index (χ4n) is 1.48. The topological polar surface area (TPSA) is 106 Å². The van der Waals surface area contributed by atoms with Crippen LogP contribution >= 0.6 is 0 Å². The Morgan fingerprint density at radius 1 is 1.47 bits per heavy atom. The summed E-state index contributed by atoms with van der Waals surface area (Å²) < 4.78 is 9.38. The van der Waals surface area contributed by atoms with Crippen LogP contribution in [0.2, 0.25) is 0 Å². The molecular formula is C12H15NO6. The molecule has 0 aliphatic rings.